The van der Waals surface area contributed by atoms with Gasteiger partial charge < -0.3 is 15.5 Å². The summed E-state index contributed by atoms with van der Waals surface area (Å²) in [6.07, 6.45) is 2.83. The number of rotatable bonds is 6. The minimum Gasteiger partial charge on any atom is -0.341 e. The summed E-state index contributed by atoms with van der Waals surface area (Å²) < 4.78 is 15.3. The molecule has 1 aromatic heterocycles. The van der Waals surface area contributed by atoms with Gasteiger partial charge in [-0.15, -0.1) is 5.10 Å². The quantitative estimate of drug-likeness (QED) is 0.276. The number of anilines is 2. The third-order valence-corrected chi connectivity index (χ3v) is 9.28. The van der Waals surface area contributed by atoms with E-state index in [9.17, 15) is 14.4 Å². The summed E-state index contributed by atoms with van der Waals surface area (Å²) in [6, 6.07) is 17.0. The minimum absolute atomic E-state index is 0.113. The molecule has 2 bridgehead atoms. The number of aromatic nitrogens is 4. The molecule has 4 aromatic rings. The Hall–Kier alpha value is -5.17. The third kappa shape index (κ3) is 6.30. The van der Waals surface area contributed by atoms with Crippen LogP contribution in [0.15, 0.2) is 71.7 Å². The van der Waals surface area contributed by atoms with Crippen molar-refractivity contribution >= 4 is 46.5 Å². The lowest BCUT2D eigenvalue weighted by Crippen LogP contribution is -2.52. The standard InChI is InChI=1S/C33H31ClFN9O3/c34-25-9-4-8-24-28(23-7-1-2-10-26(23)35)37-31(38-33(47)36-22-6-3-5-21(15-22)30-39-41-42-40-30)32(46)44(29(24)25)18-27(45)43-16-19-11-12-20(17-43)14-13-19/h1-10,15,19-20,31H,11-14,16-18H2,(H2,36,38,47)(H,39,40,41,42)/t19?,20?,31-/m0/s1. The molecule has 1 saturated carbocycles. The number of para-hydroxylation sites is 1. The van der Waals surface area contributed by atoms with E-state index in [4.69, 9.17) is 11.6 Å². The lowest BCUT2D eigenvalue weighted by Gasteiger charge is -2.29. The van der Waals surface area contributed by atoms with Crippen LogP contribution in [0.2, 0.25) is 5.02 Å². The fourth-order valence-electron chi connectivity index (χ4n) is 6.66. The molecule has 3 aromatic carbocycles. The molecular weight excluding hydrogens is 625 g/mol. The number of fused-ring (bicyclic) bond motifs is 5. The van der Waals surface area contributed by atoms with Crippen LogP contribution in [-0.2, 0) is 9.59 Å². The molecule has 8 rings (SSSR count). The maximum absolute atomic E-state index is 15.3. The zero-order chi connectivity index (χ0) is 32.5. The number of urea groups is 1. The average Bonchev–Trinajstić information content (AvgIpc) is 3.39. The summed E-state index contributed by atoms with van der Waals surface area (Å²) in [7, 11) is 0. The number of benzodiazepines with no additional fused rings is 1. The normalized spacial score (nSPS) is 20.6. The van der Waals surface area contributed by atoms with Crippen LogP contribution in [0.25, 0.3) is 11.4 Å². The van der Waals surface area contributed by atoms with Crippen molar-refractivity contribution in [2.75, 3.05) is 29.9 Å². The van der Waals surface area contributed by atoms with Crippen LogP contribution in [0.3, 0.4) is 0 Å². The fraction of sp³-hybridized carbons (Fsp3) is 0.303. The van der Waals surface area contributed by atoms with Crippen LogP contribution in [0.1, 0.15) is 36.8 Å². The van der Waals surface area contributed by atoms with Crippen LogP contribution in [-0.4, -0.2) is 74.9 Å². The van der Waals surface area contributed by atoms with Gasteiger partial charge in [-0.05, 0) is 78.3 Å². The summed E-state index contributed by atoms with van der Waals surface area (Å²) >= 11 is 6.75. The smallest absolute Gasteiger partial charge is 0.321 e. The molecule has 240 valence electrons. The Morgan fingerprint density at radius 2 is 1.68 bits per heavy atom. The van der Waals surface area contributed by atoms with Crippen LogP contribution in [0.4, 0.5) is 20.6 Å². The molecule has 1 aliphatic carbocycles. The van der Waals surface area contributed by atoms with Crippen molar-refractivity contribution in [1.82, 2.24) is 30.8 Å². The van der Waals surface area contributed by atoms with E-state index in [1.165, 1.54) is 17.0 Å². The SMILES string of the molecule is O=C(Nc1cccc(-c2nnn[nH]2)c1)N[C@@H]1N=C(c2ccccc2F)c2cccc(Cl)c2N(CC(=O)N2CC3CCC(CC3)C2)C1=O. The van der Waals surface area contributed by atoms with E-state index in [1.807, 2.05) is 4.90 Å². The first kappa shape index (κ1) is 30.5. The van der Waals surface area contributed by atoms with Gasteiger partial charge in [0.1, 0.15) is 12.4 Å². The van der Waals surface area contributed by atoms with Gasteiger partial charge in [0.25, 0.3) is 5.91 Å². The average molecular weight is 656 g/mol. The van der Waals surface area contributed by atoms with E-state index in [-0.39, 0.29) is 34.4 Å². The molecule has 14 heteroatoms. The van der Waals surface area contributed by atoms with E-state index in [0.29, 0.717) is 47.6 Å². The number of carbonyl (C=O) groups is 3. The van der Waals surface area contributed by atoms with E-state index >= 15 is 4.39 Å². The van der Waals surface area contributed by atoms with Gasteiger partial charge in [-0.25, -0.2) is 19.3 Å². The van der Waals surface area contributed by atoms with Crippen LogP contribution in [0, 0.1) is 17.7 Å². The van der Waals surface area contributed by atoms with E-state index < -0.39 is 23.9 Å². The summed E-state index contributed by atoms with van der Waals surface area (Å²) in [4.78, 5) is 49.4. The maximum Gasteiger partial charge on any atom is 0.321 e. The molecule has 4 heterocycles. The molecular formula is C33H31ClFN9O3. The number of hydrogen-bond donors (Lipinski definition) is 3. The van der Waals surface area contributed by atoms with Gasteiger partial charge in [-0.1, -0.05) is 48.0 Å². The molecule has 47 heavy (non-hydrogen) atoms. The van der Waals surface area contributed by atoms with Gasteiger partial charge >= 0.3 is 6.03 Å². The zero-order valence-electron chi connectivity index (χ0n) is 25.2. The minimum atomic E-state index is -1.53. The second-order valence-electron chi connectivity index (χ2n) is 12.0. The Bertz CT molecular complexity index is 1850. The molecule has 3 fully saturated rings. The molecule has 3 aliphatic heterocycles. The number of halogens is 2. The first-order valence-corrected chi connectivity index (χ1v) is 15.8. The Kier molecular flexibility index (Phi) is 8.37. The number of hydrogen-bond acceptors (Lipinski definition) is 7. The van der Waals surface area contributed by atoms with Crippen molar-refractivity contribution in [2.24, 2.45) is 16.8 Å². The Morgan fingerprint density at radius 1 is 0.957 bits per heavy atom. The second-order valence-corrected chi connectivity index (χ2v) is 12.4. The Labute approximate surface area is 274 Å². The van der Waals surface area contributed by atoms with Gasteiger partial charge in [0.15, 0.2) is 5.82 Å². The molecule has 3 N–H and O–H groups in total. The monoisotopic (exact) mass is 655 g/mol. The van der Waals surface area contributed by atoms with Crippen molar-refractivity contribution in [3.05, 3.63) is 88.7 Å². The molecule has 4 amide bonds. The van der Waals surface area contributed by atoms with Crippen molar-refractivity contribution in [2.45, 2.75) is 31.8 Å². The zero-order valence-corrected chi connectivity index (χ0v) is 26.0. The van der Waals surface area contributed by atoms with Crippen molar-refractivity contribution in [3.63, 3.8) is 0 Å². The van der Waals surface area contributed by atoms with E-state index in [1.54, 1.807) is 54.6 Å². The predicted molar refractivity (Wildman–Crippen MR) is 173 cm³/mol. The third-order valence-electron chi connectivity index (χ3n) is 8.98. The van der Waals surface area contributed by atoms with Crippen molar-refractivity contribution in [3.8, 4) is 11.4 Å². The first-order chi connectivity index (χ1) is 22.8. The lowest BCUT2D eigenvalue weighted by atomic mass is 9.84. The van der Waals surface area contributed by atoms with Gasteiger partial charge in [0.2, 0.25) is 12.1 Å². The molecule has 0 unspecified atom stereocenters. The highest BCUT2D eigenvalue weighted by Crippen LogP contribution is 2.37. The molecule has 2 saturated heterocycles. The number of aliphatic imine (C=N–C) groups is 1. The predicted octanol–water partition coefficient (Wildman–Crippen LogP) is 4.64. The largest absolute Gasteiger partial charge is 0.341 e. The molecule has 4 aliphatic rings. The maximum atomic E-state index is 15.3. The van der Waals surface area contributed by atoms with Crippen molar-refractivity contribution < 1.29 is 18.8 Å². The van der Waals surface area contributed by atoms with Crippen LogP contribution >= 0.6 is 11.6 Å². The van der Waals surface area contributed by atoms with Gasteiger partial charge in [0, 0.05) is 35.5 Å². The van der Waals surface area contributed by atoms with Gasteiger partial charge in [0.05, 0.1) is 16.4 Å². The number of nitrogens with zero attached hydrogens (tertiary/aromatic N) is 6. The first-order valence-electron chi connectivity index (χ1n) is 15.5. The van der Waals surface area contributed by atoms with Crippen LogP contribution in [0.5, 0.6) is 0 Å². The number of H-pyrrole nitrogens is 1. The highest BCUT2D eigenvalue weighted by molar-refractivity contribution is 6.36. The fourth-order valence-corrected chi connectivity index (χ4v) is 6.94. The number of tetrazole rings is 1. The topological polar surface area (TPSA) is 149 Å². The van der Waals surface area contributed by atoms with E-state index in [0.717, 1.165) is 25.7 Å². The van der Waals surface area contributed by atoms with Crippen molar-refractivity contribution in [1.29, 1.82) is 0 Å². The number of nitrogens with one attached hydrogen (secondary N) is 3. The molecule has 0 radical (unpaired) electrons. The number of amides is 4. The summed E-state index contributed by atoms with van der Waals surface area (Å²) in [5.74, 6) is -0.217. The highest BCUT2D eigenvalue weighted by Gasteiger charge is 2.38. The Morgan fingerprint density at radius 3 is 2.40 bits per heavy atom. The summed E-state index contributed by atoms with van der Waals surface area (Å²) in [5, 5.41) is 19.2. The molecule has 12 nitrogen and oxygen atoms in total. The van der Waals surface area contributed by atoms with E-state index in [2.05, 4.69) is 36.3 Å². The number of aromatic amines is 1. The molecule has 1 atom stereocenters. The molecule has 0 spiro atoms. The highest BCUT2D eigenvalue weighted by atomic mass is 35.5. The van der Waals surface area contributed by atoms with Gasteiger partial charge in [-0.2, -0.15) is 0 Å². The summed E-state index contributed by atoms with van der Waals surface area (Å²) in [6.45, 7) is 0.955. The lowest BCUT2D eigenvalue weighted by molar-refractivity contribution is -0.132. The summed E-state index contributed by atoms with van der Waals surface area (Å²) in [5.41, 5.74) is 1.83. The number of benzene rings is 3. The number of carbonyl (C=O) groups excluding carboxylic acids is 3. The van der Waals surface area contributed by atoms with Gasteiger partial charge in [-0.3, -0.25) is 14.5 Å². The second kappa shape index (κ2) is 12.9. The van der Waals surface area contributed by atoms with Crippen LogP contribution < -0.4 is 15.5 Å². The Balaban J connectivity index is 1.23.